The highest BCUT2D eigenvalue weighted by Gasteiger charge is 2.15. The Balaban J connectivity index is 2.13. The summed E-state index contributed by atoms with van der Waals surface area (Å²) in [5.41, 5.74) is 1.66. The van der Waals surface area contributed by atoms with Crippen molar-refractivity contribution < 1.29 is 4.39 Å². The molecular weight excluding hydrogens is 281 g/mol. The molecule has 20 heavy (non-hydrogen) atoms. The zero-order valence-corrected chi connectivity index (χ0v) is 11.4. The van der Waals surface area contributed by atoms with Crippen molar-refractivity contribution in [3.05, 3.63) is 47.3 Å². The van der Waals surface area contributed by atoms with E-state index in [1.54, 1.807) is 29.8 Å². The number of hydrogen-bond donors (Lipinski definition) is 1. The summed E-state index contributed by atoms with van der Waals surface area (Å²) >= 11 is 6.13. The van der Waals surface area contributed by atoms with Gasteiger partial charge in [-0.2, -0.15) is 0 Å². The van der Waals surface area contributed by atoms with Gasteiger partial charge in [0.05, 0.1) is 6.54 Å². The number of rotatable bonds is 3. The van der Waals surface area contributed by atoms with Gasteiger partial charge in [0.1, 0.15) is 12.1 Å². The molecule has 0 aliphatic carbocycles. The van der Waals surface area contributed by atoms with Gasteiger partial charge in [0.2, 0.25) is 5.28 Å². The average molecular weight is 292 g/mol. The summed E-state index contributed by atoms with van der Waals surface area (Å²) in [6, 6.07) is 6.54. The molecule has 0 fully saturated rings. The molecule has 0 aliphatic rings. The van der Waals surface area contributed by atoms with Crippen LogP contribution in [-0.4, -0.2) is 26.6 Å². The van der Waals surface area contributed by atoms with Crippen molar-refractivity contribution in [2.75, 3.05) is 12.4 Å². The molecule has 0 atom stereocenters. The summed E-state index contributed by atoms with van der Waals surface area (Å²) in [5, 5.41) is 3.18. The number of anilines is 1. The Morgan fingerprint density at radius 2 is 2.10 bits per heavy atom. The second-order valence-corrected chi connectivity index (χ2v) is 4.54. The molecule has 2 aromatic heterocycles. The van der Waals surface area contributed by atoms with Crippen LogP contribution < -0.4 is 5.32 Å². The van der Waals surface area contributed by atoms with E-state index < -0.39 is 0 Å². The zero-order valence-electron chi connectivity index (χ0n) is 10.6. The van der Waals surface area contributed by atoms with E-state index in [1.165, 1.54) is 12.4 Å². The van der Waals surface area contributed by atoms with Crippen molar-refractivity contribution in [1.29, 1.82) is 0 Å². The quantitative estimate of drug-likeness (QED) is 0.754. The van der Waals surface area contributed by atoms with Crippen LogP contribution in [0.5, 0.6) is 0 Å². The van der Waals surface area contributed by atoms with Crippen LogP contribution in [-0.2, 0) is 6.54 Å². The van der Waals surface area contributed by atoms with Crippen LogP contribution in [0.4, 0.5) is 10.2 Å². The van der Waals surface area contributed by atoms with E-state index in [-0.39, 0.29) is 17.6 Å². The standard InChI is InChI=1S/C13H11ClFN5/c1-16-11-10-12(18-7-17-11)20(13(14)19-10)6-8-4-2-3-5-9(8)15/h2-5,7H,6H2,1H3,(H,16,17,18). The molecule has 0 bridgehead atoms. The van der Waals surface area contributed by atoms with Gasteiger partial charge >= 0.3 is 0 Å². The van der Waals surface area contributed by atoms with Gasteiger partial charge < -0.3 is 5.32 Å². The molecular formula is C13H11ClFN5. The fourth-order valence-corrected chi connectivity index (χ4v) is 2.25. The van der Waals surface area contributed by atoms with Gasteiger partial charge in [0.25, 0.3) is 0 Å². The van der Waals surface area contributed by atoms with E-state index in [1.807, 2.05) is 0 Å². The normalized spacial score (nSPS) is 10.9. The van der Waals surface area contributed by atoms with Crippen molar-refractivity contribution in [2.45, 2.75) is 6.54 Å². The highest BCUT2D eigenvalue weighted by molar-refractivity contribution is 6.29. The summed E-state index contributed by atoms with van der Waals surface area (Å²) < 4.78 is 15.4. The number of fused-ring (bicyclic) bond motifs is 1. The Hall–Kier alpha value is -2.21. The van der Waals surface area contributed by atoms with Crippen LogP contribution in [0, 0.1) is 5.82 Å². The van der Waals surface area contributed by atoms with Crippen molar-refractivity contribution in [1.82, 2.24) is 19.5 Å². The maximum Gasteiger partial charge on any atom is 0.205 e. The lowest BCUT2D eigenvalue weighted by molar-refractivity contribution is 0.601. The van der Waals surface area contributed by atoms with Crippen LogP contribution in [0.15, 0.2) is 30.6 Å². The molecule has 3 aromatic rings. The summed E-state index contributed by atoms with van der Waals surface area (Å²) in [4.78, 5) is 12.5. The zero-order chi connectivity index (χ0) is 14.1. The van der Waals surface area contributed by atoms with Gasteiger partial charge in [-0.25, -0.2) is 19.3 Å². The molecule has 0 spiro atoms. The number of benzene rings is 1. The second kappa shape index (κ2) is 5.05. The molecule has 1 N–H and O–H groups in total. The Morgan fingerprint density at radius 3 is 2.85 bits per heavy atom. The summed E-state index contributed by atoms with van der Waals surface area (Å²) in [6.45, 7) is 0.266. The van der Waals surface area contributed by atoms with Gasteiger partial charge in [-0.1, -0.05) is 18.2 Å². The molecule has 0 amide bonds. The molecule has 0 aliphatic heterocycles. The van der Waals surface area contributed by atoms with Crippen LogP contribution in [0.25, 0.3) is 11.2 Å². The SMILES string of the molecule is CNc1ncnc2c1nc(Cl)n2Cc1ccccc1F. The molecule has 3 rings (SSSR count). The number of imidazole rings is 1. The number of nitrogens with one attached hydrogen (secondary N) is 1. The van der Waals surface area contributed by atoms with Crippen molar-refractivity contribution >= 4 is 28.6 Å². The fraction of sp³-hybridized carbons (Fsp3) is 0.154. The van der Waals surface area contributed by atoms with E-state index >= 15 is 0 Å². The summed E-state index contributed by atoms with van der Waals surface area (Å²) in [6.07, 6.45) is 1.42. The van der Waals surface area contributed by atoms with Crippen LogP contribution in [0.3, 0.4) is 0 Å². The number of nitrogens with zero attached hydrogens (tertiary/aromatic N) is 4. The van der Waals surface area contributed by atoms with Gasteiger partial charge in [-0.05, 0) is 17.7 Å². The minimum Gasteiger partial charge on any atom is -0.371 e. The third-order valence-electron chi connectivity index (χ3n) is 3.01. The molecule has 1 aromatic carbocycles. The molecule has 7 heteroatoms. The minimum atomic E-state index is -0.284. The van der Waals surface area contributed by atoms with E-state index in [0.29, 0.717) is 22.5 Å². The largest absolute Gasteiger partial charge is 0.371 e. The Kier molecular flexibility index (Phi) is 3.23. The molecule has 0 saturated heterocycles. The number of aromatic nitrogens is 4. The second-order valence-electron chi connectivity index (χ2n) is 4.20. The first-order valence-corrected chi connectivity index (χ1v) is 6.36. The van der Waals surface area contributed by atoms with Crippen molar-refractivity contribution in [2.24, 2.45) is 0 Å². The van der Waals surface area contributed by atoms with Gasteiger partial charge in [0, 0.05) is 12.6 Å². The highest BCUT2D eigenvalue weighted by Crippen LogP contribution is 2.24. The average Bonchev–Trinajstić information content (AvgIpc) is 2.77. The molecule has 5 nitrogen and oxygen atoms in total. The highest BCUT2D eigenvalue weighted by atomic mass is 35.5. The lowest BCUT2D eigenvalue weighted by Crippen LogP contribution is -2.03. The molecule has 102 valence electrons. The first-order chi connectivity index (χ1) is 9.70. The smallest absolute Gasteiger partial charge is 0.205 e. The maximum absolute atomic E-state index is 13.7. The van der Waals surface area contributed by atoms with Crippen molar-refractivity contribution in [3.8, 4) is 0 Å². The van der Waals surface area contributed by atoms with Gasteiger partial charge in [0.15, 0.2) is 17.0 Å². The summed E-state index contributed by atoms with van der Waals surface area (Å²) in [7, 11) is 1.74. The third kappa shape index (κ3) is 2.08. The van der Waals surface area contributed by atoms with Gasteiger partial charge in [-0.15, -0.1) is 0 Å². The topological polar surface area (TPSA) is 55.6 Å². The van der Waals surface area contributed by atoms with Gasteiger partial charge in [-0.3, -0.25) is 4.57 Å². The molecule has 0 saturated carbocycles. The minimum absolute atomic E-state index is 0.250. The fourth-order valence-electron chi connectivity index (χ4n) is 2.03. The maximum atomic E-state index is 13.7. The first-order valence-electron chi connectivity index (χ1n) is 5.98. The van der Waals surface area contributed by atoms with E-state index in [0.717, 1.165) is 0 Å². The Labute approximate surface area is 119 Å². The third-order valence-corrected chi connectivity index (χ3v) is 3.30. The van der Waals surface area contributed by atoms with E-state index in [2.05, 4.69) is 20.3 Å². The monoisotopic (exact) mass is 291 g/mol. The molecule has 0 radical (unpaired) electrons. The molecule has 2 heterocycles. The predicted molar refractivity (Wildman–Crippen MR) is 75.4 cm³/mol. The lowest BCUT2D eigenvalue weighted by atomic mass is 10.2. The number of halogens is 2. The van der Waals surface area contributed by atoms with E-state index in [9.17, 15) is 4.39 Å². The lowest BCUT2D eigenvalue weighted by Gasteiger charge is -2.06. The molecule has 0 unspecified atom stereocenters. The first kappa shape index (κ1) is 12.8. The van der Waals surface area contributed by atoms with E-state index in [4.69, 9.17) is 11.6 Å². The van der Waals surface area contributed by atoms with Crippen LogP contribution in [0.1, 0.15) is 5.56 Å². The number of hydrogen-bond acceptors (Lipinski definition) is 4. The van der Waals surface area contributed by atoms with Crippen LogP contribution >= 0.6 is 11.6 Å². The Morgan fingerprint density at radius 1 is 1.30 bits per heavy atom. The van der Waals surface area contributed by atoms with Crippen molar-refractivity contribution in [3.63, 3.8) is 0 Å². The van der Waals surface area contributed by atoms with Crippen LogP contribution in [0.2, 0.25) is 5.28 Å². The predicted octanol–water partition coefficient (Wildman–Crippen LogP) is 2.71. The summed E-state index contributed by atoms with van der Waals surface area (Å²) in [5.74, 6) is 0.303. The Bertz CT molecular complexity index is 771.